The molecule has 9 heteroatoms. The molecule has 3 aromatic carbocycles. The molecule has 4 aromatic rings. The fourth-order valence-corrected chi connectivity index (χ4v) is 5.65. The van der Waals surface area contributed by atoms with Gasteiger partial charge in [-0.1, -0.05) is 48.0 Å². The Balaban J connectivity index is 1.39. The third kappa shape index (κ3) is 4.56. The monoisotopic (exact) mass is 526 g/mol. The highest BCUT2D eigenvalue weighted by Crippen LogP contribution is 2.36. The van der Waals surface area contributed by atoms with Crippen molar-refractivity contribution in [3.63, 3.8) is 0 Å². The molecule has 1 unspecified atom stereocenters. The number of amides is 3. The molecule has 1 atom stereocenters. The molecular formula is C29H26N4O4S. The third-order valence-electron chi connectivity index (χ3n) is 6.59. The zero-order valence-corrected chi connectivity index (χ0v) is 22.0. The first kappa shape index (κ1) is 25.3. The molecule has 0 saturated carbocycles. The Morgan fingerprint density at radius 1 is 0.868 bits per heavy atom. The lowest BCUT2D eigenvalue weighted by atomic mass is 10.2. The number of hydrogen-bond donors (Lipinski definition) is 1. The van der Waals surface area contributed by atoms with Crippen molar-refractivity contribution >= 4 is 40.9 Å². The van der Waals surface area contributed by atoms with Gasteiger partial charge in [-0.05, 0) is 50.2 Å². The highest BCUT2D eigenvalue weighted by atomic mass is 32.2. The van der Waals surface area contributed by atoms with Crippen molar-refractivity contribution in [1.82, 2.24) is 9.36 Å². The summed E-state index contributed by atoms with van der Waals surface area (Å²) in [4.78, 5) is 54.3. The number of hydrogen-bond acceptors (Lipinski definition) is 5. The molecule has 2 heterocycles. The summed E-state index contributed by atoms with van der Waals surface area (Å²) in [5.74, 6) is -1.06. The van der Waals surface area contributed by atoms with Crippen molar-refractivity contribution in [1.29, 1.82) is 0 Å². The van der Waals surface area contributed by atoms with Gasteiger partial charge in [-0.2, -0.15) is 0 Å². The molecule has 8 nitrogen and oxygen atoms in total. The number of carbonyl (C=O) groups is 3. The van der Waals surface area contributed by atoms with E-state index in [2.05, 4.69) is 5.32 Å². The molecule has 1 aromatic heterocycles. The van der Waals surface area contributed by atoms with Crippen LogP contribution in [-0.4, -0.2) is 32.3 Å². The molecule has 38 heavy (non-hydrogen) atoms. The molecule has 5 rings (SSSR count). The smallest absolute Gasteiger partial charge is 0.295 e. The summed E-state index contributed by atoms with van der Waals surface area (Å²) in [6.45, 7) is 3.70. The topological polar surface area (TPSA) is 93.4 Å². The van der Waals surface area contributed by atoms with Gasteiger partial charge in [0.2, 0.25) is 11.8 Å². The van der Waals surface area contributed by atoms with E-state index in [0.717, 1.165) is 5.56 Å². The van der Waals surface area contributed by atoms with Crippen LogP contribution in [0.15, 0.2) is 88.6 Å². The zero-order chi connectivity index (χ0) is 27.0. The molecule has 3 amide bonds. The minimum absolute atomic E-state index is 0.0346. The van der Waals surface area contributed by atoms with Crippen LogP contribution < -0.4 is 15.8 Å². The number of anilines is 2. The Morgan fingerprint density at radius 3 is 2.24 bits per heavy atom. The number of aromatic nitrogens is 2. The largest absolute Gasteiger partial charge is 0.316 e. The molecule has 0 radical (unpaired) electrons. The van der Waals surface area contributed by atoms with Gasteiger partial charge < -0.3 is 5.32 Å². The summed E-state index contributed by atoms with van der Waals surface area (Å²) in [6.07, 6.45) is 0.0346. The predicted octanol–water partition coefficient (Wildman–Crippen LogP) is 4.47. The summed E-state index contributed by atoms with van der Waals surface area (Å²) in [7, 11) is 1.76. The van der Waals surface area contributed by atoms with Gasteiger partial charge in [0.1, 0.15) is 5.69 Å². The minimum Gasteiger partial charge on any atom is -0.316 e. The maximum Gasteiger partial charge on any atom is 0.295 e. The number of rotatable bonds is 6. The summed E-state index contributed by atoms with van der Waals surface area (Å²) < 4.78 is 3.18. The summed E-state index contributed by atoms with van der Waals surface area (Å²) >= 11 is 1.18. The van der Waals surface area contributed by atoms with Gasteiger partial charge in [0.15, 0.2) is 0 Å². The SMILES string of the molecule is Cc1ccc(N2C(=O)CC(Sc3ccccc3C(=O)Nc3c(C)n(C)n(-c4ccccc4)c3=O)C2=O)cc1. The Kier molecular flexibility index (Phi) is 6.77. The van der Waals surface area contributed by atoms with Crippen molar-refractivity contribution in [3.05, 3.63) is 106 Å². The average Bonchev–Trinajstić information content (AvgIpc) is 3.31. The molecule has 1 saturated heterocycles. The van der Waals surface area contributed by atoms with E-state index < -0.39 is 11.2 Å². The predicted molar refractivity (Wildman–Crippen MR) is 148 cm³/mol. The van der Waals surface area contributed by atoms with E-state index in [4.69, 9.17) is 0 Å². The number of nitrogens with one attached hydrogen (secondary N) is 1. The van der Waals surface area contributed by atoms with E-state index in [-0.39, 0.29) is 29.5 Å². The second kappa shape index (κ2) is 10.2. The number of para-hydroxylation sites is 1. The van der Waals surface area contributed by atoms with Gasteiger partial charge in [0.25, 0.3) is 11.5 Å². The lowest BCUT2D eigenvalue weighted by Gasteiger charge is -2.16. The van der Waals surface area contributed by atoms with Crippen LogP contribution in [0.25, 0.3) is 5.69 Å². The van der Waals surface area contributed by atoms with Crippen LogP contribution in [0.3, 0.4) is 0 Å². The maximum absolute atomic E-state index is 13.4. The highest BCUT2D eigenvalue weighted by Gasteiger charge is 2.40. The van der Waals surface area contributed by atoms with Crippen LogP contribution in [-0.2, 0) is 16.6 Å². The first-order valence-electron chi connectivity index (χ1n) is 12.1. The van der Waals surface area contributed by atoms with Crippen LogP contribution in [0.2, 0.25) is 0 Å². The lowest BCUT2D eigenvalue weighted by molar-refractivity contribution is -0.121. The Bertz CT molecular complexity index is 1610. The van der Waals surface area contributed by atoms with E-state index in [9.17, 15) is 19.2 Å². The van der Waals surface area contributed by atoms with E-state index >= 15 is 0 Å². The van der Waals surface area contributed by atoms with Crippen molar-refractivity contribution in [3.8, 4) is 5.69 Å². The number of benzene rings is 3. The van der Waals surface area contributed by atoms with Crippen LogP contribution in [0.4, 0.5) is 11.4 Å². The highest BCUT2D eigenvalue weighted by molar-refractivity contribution is 8.00. The quantitative estimate of drug-likeness (QED) is 0.374. The third-order valence-corrected chi connectivity index (χ3v) is 7.85. The number of nitrogens with zero attached hydrogens (tertiary/aromatic N) is 3. The zero-order valence-electron chi connectivity index (χ0n) is 21.2. The number of aryl methyl sites for hydroxylation is 1. The Hall–Kier alpha value is -4.37. The maximum atomic E-state index is 13.4. The van der Waals surface area contributed by atoms with Crippen LogP contribution in [0.5, 0.6) is 0 Å². The first-order valence-corrected chi connectivity index (χ1v) is 13.0. The number of thioether (sulfide) groups is 1. The lowest BCUT2D eigenvalue weighted by Crippen LogP contribution is -2.31. The molecule has 1 N–H and O–H groups in total. The van der Waals surface area contributed by atoms with Crippen LogP contribution in [0.1, 0.15) is 28.0 Å². The molecule has 1 aliphatic heterocycles. The second-order valence-corrected chi connectivity index (χ2v) is 10.3. The number of imide groups is 1. The van der Waals surface area contributed by atoms with Crippen LogP contribution in [0, 0.1) is 13.8 Å². The fraction of sp³-hybridized carbons (Fsp3) is 0.172. The van der Waals surface area contributed by atoms with E-state index in [1.54, 1.807) is 55.1 Å². The summed E-state index contributed by atoms with van der Waals surface area (Å²) in [6, 6.07) is 23.3. The first-order chi connectivity index (χ1) is 18.3. The van der Waals surface area contributed by atoms with Crippen molar-refractivity contribution in [2.24, 2.45) is 7.05 Å². The minimum atomic E-state index is -0.661. The summed E-state index contributed by atoms with van der Waals surface area (Å²) in [5.41, 5.74) is 3.00. The van der Waals surface area contributed by atoms with Gasteiger partial charge in [0.05, 0.1) is 27.9 Å². The van der Waals surface area contributed by atoms with Gasteiger partial charge in [0, 0.05) is 18.4 Å². The van der Waals surface area contributed by atoms with Gasteiger partial charge >= 0.3 is 0 Å². The molecular weight excluding hydrogens is 500 g/mol. The van der Waals surface area contributed by atoms with Gasteiger partial charge in [-0.15, -0.1) is 11.8 Å². The molecule has 1 aliphatic rings. The van der Waals surface area contributed by atoms with Crippen molar-refractivity contribution in [2.45, 2.75) is 30.4 Å². The van der Waals surface area contributed by atoms with Gasteiger partial charge in [-0.3, -0.25) is 23.9 Å². The number of carbonyl (C=O) groups excluding carboxylic acids is 3. The van der Waals surface area contributed by atoms with Gasteiger partial charge in [-0.25, -0.2) is 9.58 Å². The normalized spacial score (nSPS) is 15.2. The van der Waals surface area contributed by atoms with E-state index in [0.29, 0.717) is 27.5 Å². The Labute approximate surface area is 223 Å². The van der Waals surface area contributed by atoms with E-state index in [1.165, 1.54) is 21.3 Å². The average molecular weight is 527 g/mol. The second-order valence-electron chi connectivity index (χ2n) is 9.10. The summed E-state index contributed by atoms with van der Waals surface area (Å²) in [5, 5.41) is 2.12. The molecule has 0 spiro atoms. The van der Waals surface area contributed by atoms with Crippen LogP contribution >= 0.6 is 11.8 Å². The standard InChI is InChI=1S/C29H26N4O4S/c1-18-13-15-20(16-14-18)32-25(34)17-24(28(32)36)38-23-12-8-7-11-22(23)27(35)30-26-19(2)31(3)33(29(26)37)21-9-5-4-6-10-21/h4-16,24H,17H2,1-3H3,(H,30,35). The van der Waals surface area contributed by atoms with Crippen molar-refractivity contribution in [2.75, 3.05) is 10.2 Å². The molecule has 192 valence electrons. The molecule has 1 fully saturated rings. The molecule has 0 aliphatic carbocycles. The van der Waals surface area contributed by atoms with E-state index in [1.807, 2.05) is 49.4 Å². The fourth-order valence-electron chi connectivity index (χ4n) is 4.46. The molecule has 0 bridgehead atoms. The Morgan fingerprint density at radius 2 is 1.53 bits per heavy atom. The van der Waals surface area contributed by atoms with Crippen molar-refractivity contribution < 1.29 is 14.4 Å².